The molecule has 0 amide bonds. The second-order valence-corrected chi connectivity index (χ2v) is 13.1. The second-order valence-electron chi connectivity index (χ2n) is 13.1. The maximum Gasteiger partial charge on any atom is 0.287 e. The Balaban J connectivity index is 1.21. The lowest BCUT2D eigenvalue weighted by Gasteiger charge is -2.32. The average Bonchev–Trinajstić information content (AvgIpc) is 3.84. The highest BCUT2D eigenvalue weighted by Gasteiger charge is 2.50. The Hall–Kier alpha value is -2.51. The number of aryl methyl sites for hydroxylation is 2. The first-order valence-corrected chi connectivity index (χ1v) is 17.4. The van der Waals surface area contributed by atoms with E-state index in [0.29, 0.717) is 25.2 Å². The summed E-state index contributed by atoms with van der Waals surface area (Å²) in [5, 5.41) is 0. The fourth-order valence-corrected chi connectivity index (χ4v) is 6.69. The molecule has 0 spiro atoms. The number of carbonyl (C=O) groups excluding carboxylic acids is 1. The number of nitrogens with zero attached hydrogens (tertiary/aromatic N) is 3. The molecule has 8 heteroatoms. The third kappa shape index (κ3) is 10.00. The zero-order chi connectivity index (χ0) is 31.4. The molecule has 2 aromatic rings. The van der Waals surface area contributed by atoms with Crippen molar-refractivity contribution in [2.75, 3.05) is 6.61 Å². The van der Waals surface area contributed by atoms with Crippen LogP contribution in [-0.2, 0) is 23.6 Å². The van der Waals surface area contributed by atoms with Crippen molar-refractivity contribution in [3.05, 3.63) is 46.9 Å². The SMILES string of the molecule is CCCCCCC(=O)CCCCCc1cnc(C2CCc3cc(OCCCCCC(CC)C4CC4)nc(F)c3C2(F)F)nc1. The van der Waals surface area contributed by atoms with Gasteiger partial charge in [0.1, 0.15) is 11.6 Å². The van der Waals surface area contributed by atoms with E-state index < -0.39 is 23.4 Å². The van der Waals surface area contributed by atoms with E-state index in [1.54, 1.807) is 12.4 Å². The highest BCUT2D eigenvalue weighted by Crippen LogP contribution is 2.49. The van der Waals surface area contributed by atoms with Crippen LogP contribution in [0, 0.1) is 17.8 Å². The van der Waals surface area contributed by atoms with Crippen molar-refractivity contribution in [2.24, 2.45) is 11.8 Å². The Morgan fingerprint density at radius 2 is 1.66 bits per heavy atom. The minimum Gasteiger partial charge on any atom is -0.478 e. The number of hydrogen-bond donors (Lipinski definition) is 0. The van der Waals surface area contributed by atoms with E-state index in [0.717, 1.165) is 75.2 Å². The lowest BCUT2D eigenvalue weighted by atomic mass is 9.80. The molecule has 0 aliphatic heterocycles. The average molecular weight is 616 g/mol. The van der Waals surface area contributed by atoms with E-state index in [1.807, 2.05) is 0 Å². The molecule has 2 aliphatic rings. The van der Waals surface area contributed by atoms with Crippen LogP contribution < -0.4 is 4.74 Å². The molecular formula is C36H52F3N3O2. The Kier molecular flexibility index (Phi) is 13.5. The molecule has 2 heterocycles. The molecule has 44 heavy (non-hydrogen) atoms. The van der Waals surface area contributed by atoms with Gasteiger partial charge in [-0.15, -0.1) is 0 Å². The Bertz CT molecular complexity index is 1170. The molecule has 0 aromatic carbocycles. The lowest BCUT2D eigenvalue weighted by molar-refractivity contribution is -0.119. The van der Waals surface area contributed by atoms with Crippen molar-refractivity contribution in [2.45, 2.75) is 148 Å². The van der Waals surface area contributed by atoms with Gasteiger partial charge < -0.3 is 4.74 Å². The number of rotatable bonds is 21. The minimum atomic E-state index is -3.47. The molecule has 2 unspecified atom stereocenters. The van der Waals surface area contributed by atoms with Crippen molar-refractivity contribution < 1.29 is 22.7 Å². The molecule has 0 bridgehead atoms. The van der Waals surface area contributed by atoms with Crippen molar-refractivity contribution in [1.29, 1.82) is 0 Å². The van der Waals surface area contributed by atoms with Crippen LogP contribution in [0.15, 0.2) is 18.5 Å². The number of aromatic nitrogens is 3. The molecule has 244 valence electrons. The van der Waals surface area contributed by atoms with Crippen LogP contribution in [0.4, 0.5) is 13.2 Å². The van der Waals surface area contributed by atoms with Gasteiger partial charge in [0.05, 0.1) is 18.1 Å². The number of ether oxygens (including phenoxy) is 1. The number of halogens is 3. The fraction of sp³-hybridized carbons (Fsp3) is 0.722. The first kappa shape index (κ1) is 34.4. The molecule has 0 radical (unpaired) electrons. The minimum absolute atomic E-state index is 0.0322. The standard InChI is InChI=1S/C36H52F3N3O2/c1-3-5-6-11-16-30(43)17-12-7-9-14-26-24-40-35(41-25-26)31-21-20-29-23-32(42-34(37)33(29)36(31,38)39)44-22-13-8-10-15-27(4-2)28-18-19-28/h23-25,27-28,31H,3-22H2,1-2H3. The first-order valence-electron chi connectivity index (χ1n) is 17.4. The molecular weight excluding hydrogens is 563 g/mol. The van der Waals surface area contributed by atoms with Crippen LogP contribution in [0.5, 0.6) is 5.88 Å². The largest absolute Gasteiger partial charge is 0.478 e. The summed E-state index contributed by atoms with van der Waals surface area (Å²) in [6.07, 6.45) is 21.1. The number of fused-ring (bicyclic) bond motifs is 1. The van der Waals surface area contributed by atoms with Crippen LogP contribution in [-0.4, -0.2) is 27.3 Å². The molecule has 5 nitrogen and oxygen atoms in total. The van der Waals surface area contributed by atoms with E-state index in [2.05, 4.69) is 28.8 Å². The van der Waals surface area contributed by atoms with Gasteiger partial charge in [-0.05, 0) is 80.8 Å². The smallest absolute Gasteiger partial charge is 0.287 e. The summed E-state index contributed by atoms with van der Waals surface area (Å²) in [6.45, 7) is 4.83. The van der Waals surface area contributed by atoms with Crippen molar-refractivity contribution in [1.82, 2.24) is 15.0 Å². The normalized spacial score (nSPS) is 18.2. The summed E-state index contributed by atoms with van der Waals surface area (Å²) in [6, 6.07) is 1.48. The molecule has 0 N–H and O–H groups in total. The van der Waals surface area contributed by atoms with Crippen LogP contribution in [0.3, 0.4) is 0 Å². The van der Waals surface area contributed by atoms with Crippen molar-refractivity contribution in [3.8, 4) is 5.88 Å². The van der Waals surface area contributed by atoms with E-state index in [9.17, 15) is 4.79 Å². The highest BCUT2D eigenvalue weighted by molar-refractivity contribution is 5.78. The number of Topliss-reactive ketones (excluding diaryl/α,β-unsaturated/α-hetero) is 1. The molecule has 1 saturated carbocycles. The topological polar surface area (TPSA) is 65.0 Å². The summed E-state index contributed by atoms with van der Waals surface area (Å²) in [5.41, 5.74) is 0.473. The molecule has 2 aliphatic carbocycles. The summed E-state index contributed by atoms with van der Waals surface area (Å²) >= 11 is 0. The van der Waals surface area contributed by atoms with Crippen LogP contribution in [0.25, 0.3) is 0 Å². The van der Waals surface area contributed by atoms with Gasteiger partial charge in [0.2, 0.25) is 11.8 Å². The van der Waals surface area contributed by atoms with Gasteiger partial charge in [-0.1, -0.05) is 65.2 Å². The number of hydrogen-bond acceptors (Lipinski definition) is 5. The summed E-state index contributed by atoms with van der Waals surface area (Å²) in [5.74, 6) is -3.72. The van der Waals surface area contributed by atoms with Crippen molar-refractivity contribution in [3.63, 3.8) is 0 Å². The Morgan fingerprint density at radius 3 is 2.34 bits per heavy atom. The molecule has 2 atom stereocenters. The Labute approximate surface area is 262 Å². The maximum atomic E-state index is 15.6. The van der Waals surface area contributed by atoms with Crippen LogP contribution in [0.1, 0.15) is 151 Å². The summed E-state index contributed by atoms with van der Waals surface area (Å²) in [7, 11) is 0. The number of carbonyl (C=O) groups is 1. The maximum absolute atomic E-state index is 15.6. The summed E-state index contributed by atoms with van der Waals surface area (Å²) in [4.78, 5) is 24.3. The van der Waals surface area contributed by atoms with Crippen molar-refractivity contribution >= 4 is 5.78 Å². The number of ketones is 1. The third-order valence-electron chi connectivity index (χ3n) is 9.56. The van der Waals surface area contributed by atoms with E-state index in [-0.39, 0.29) is 30.1 Å². The number of pyridine rings is 1. The van der Waals surface area contributed by atoms with Crippen LogP contribution in [0.2, 0.25) is 0 Å². The summed E-state index contributed by atoms with van der Waals surface area (Å²) < 4.78 is 52.0. The first-order chi connectivity index (χ1) is 21.3. The van der Waals surface area contributed by atoms with Gasteiger partial charge >= 0.3 is 0 Å². The van der Waals surface area contributed by atoms with Gasteiger partial charge in [0.25, 0.3) is 5.92 Å². The molecule has 2 aromatic heterocycles. The van der Waals surface area contributed by atoms with E-state index in [4.69, 9.17) is 4.74 Å². The molecule has 0 saturated heterocycles. The quantitative estimate of drug-likeness (QED) is 0.103. The predicted molar refractivity (Wildman–Crippen MR) is 168 cm³/mol. The van der Waals surface area contributed by atoms with Gasteiger partial charge in [-0.2, -0.15) is 9.37 Å². The van der Waals surface area contributed by atoms with E-state index >= 15 is 13.2 Å². The highest BCUT2D eigenvalue weighted by atomic mass is 19.3. The van der Waals surface area contributed by atoms with Gasteiger partial charge in [-0.25, -0.2) is 18.7 Å². The van der Waals surface area contributed by atoms with Gasteiger partial charge in [0, 0.05) is 31.3 Å². The molecule has 4 rings (SSSR count). The van der Waals surface area contributed by atoms with E-state index in [1.165, 1.54) is 44.6 Å². The third-order valence-corrected chi connectivity index (χ3v) is 9.56. The Morgan fingerprint density at radius 1 is 0.955 bits per heavy atom. The number of alkyl halides is 2. The van der Waals surface area contributed by atoms with Crippen LogP contribution >= 0.6 is 0 Å². The monoisotopic (exact) mass is 615 g/mol. The number of unbranched alkanes of at least 4 members (excludes halogenated alkanes) is 7. The second kappa shape index (κ2) is 17.3. The van der Waals surface area contributed by atoms with Gasteiger partial charge in [0.15, 0.2) is 0 Å². The zero-order valence-corrected chi connectivity index (χ0v) is 26.9. The predicted octanol–water partition coefficient (Wildman–Crippen LogP) is 9.85. The lowest BCUT2D eigenvalue weighted by Crippen LogP contribution is -2.33. The molecule has 1 fully saturated rings. The fourth-order valence-electron chi connectivity index (χ4n) is 6.69. The zero-order valence-electron chi connectivity index (χ0n) is 26.9. The van der Waals surface area contributed by atoms with Gasteiger partial charge in [-0.3, -0.25) is 4.79 Å².